The molecule has 1 heterocycles. The van der Waals surface area contributed by atoms with Crippen molar-refractivity contribution in [3.05, 3.63) is 63.1 Å². The predicted molar refractivity (Wildman–Crippen MR) is 96.2 cm³/mol. The second kappa shape index (κ2) is 7.49. The highest BCUT2D eigenvalue weighted by Gasteiger charge is 2.31. The van der Waals surface area contributed by atoms with Crippen molar-refractivity contribution in [2.24, 2.45) is 0 Å². The van der Waals surface area contributed by atoms with E-state index in [0.29, 0.717) is 15.9 Å². The molecule has 1 aromatic heterocycles. The molecule has 0 aliphatic carbocycles. The minimum Gasteiger partial charge on any atom is -0.598 e. The second-order valence-electron chi connectivity index (χ2n) is 5.99. The lowest BCUT2D eigenvalue weighted by Crippen LogP contribution is -2.41. The van der Waals surface area contributed by atoms with Crippen LogP contribution in [0.25, 0.3) is 0 Å². The number of rotatable bonds is 4. The number of benzene rings is 1. The van der Waals surface area contributed by atoms with Crippen molar-refractivity contribution >= 4 is 38.9 Å². The summed E-state index contributed by atoms with van der Waals surface area (Å²) in [5.41, 5.74) is 1.36. The summed E-state index contributed by atoms with van der Waals surface area (Å²) < 4.78 is 29.2. The van der Waals surface area contributed by atoms with Crippen LogP contribution < -0.4 is 4.72 Å². The zero-order valence-electron chi connectivity index (χ0n) is 12.9. The van der Waals surface area contributed by atoms with Gasteiger partial charge in [-0.05, 0) is 66.5 Å². The molecule has 1 N–H and O–H groups in total. The van der Waals surface area contributed by atoms with Gasteiger partial charge >= 0.3 is 0 Å². The van der Waals surface area contributed by atoms with Crippen molar-refractivity contribution in [2.75, 3.05) is 0 Å². The standard InChI is InChI=1S/C16H17BrClFN2OS/c1-16(2,3)23(22)21-15(13-5-4-6-14(17)20-13)10-7-8-12(19)11(18)9-10/h4-9,15,21H,1-3H3/t15?,23-/m1/s1. The summed E-state index contributed by atoms with van der Waals surface area (Å²) in [5, 5.41) is 0.0193. The van der Waals surface area contributed by atoms with Crippen LogP contribution >= 0.6 is 27.5 Å². The molecule has 1 unspecified atom stereocenters. The number of nitrogens with zero attached hydrogens (tertiary/aromatic N) is 1. The van der Waals surface area contributed by atoms with Crippen LogP contribution in [-0.2, 0) is 11.4 Å². The van der Waals surface area contributed by atoms with E-state index in [1.807, 2.05) is 32.9 Å². The fourth-order valence-electron chi connectivity index (χ4n) is 1.86. The molecular formula is C16H17BrClFN2OS. The van der Waals surface area contributed by atoms with Gasteiger partial charge < -0.3 is 4.55 Å². The highest BCUT2D eigenvalue weighted by atomic mass is 79.9. The molecule has 1 aromatic carbocycles. The molecule has 0 aliphatic rings. The van der Waals surface area contributed by atoms with Gasteiger partial charge in [-0.2, -0.15) is 0 Å². The summed E-state index contributed by atoms with van der Waals surface area (Å²) in [6.45, 7) is 5.62. The van der Waals surface area contributed by atoms with Gasteiger partial charge in [0.05, 0.1) is 10.7 Å². The van der Waals surface area contributed by atoms with Crippen LogP contribution in [-0.4, -0.2) is 14.3 Å². The van der Waals surface area contributed by atoms with E-state index in [2.05, 4.69) is 25.6 Å². The maximum absolute atomic E-state index is 13.4. The molecule has 2 rings (SSSR count). The maximum Gasteiger partial charge on any atom is 0.141 e. The van der Waals surface area contributed by atoms with Gasteiger partial charge in [0.1, 0.15) is 21.2 Å². The third-order valence-corrected chi connectivity index (χ3v) is 5.38. The van der Waals surface area contributed by atoms with Crippen LogP contribution in [0.15, 0.2) is 41.0 Å². The minimum atomic E-state index is -1.33. The van der Waals surface area contributed by atoms with Crippen LogP contribution in [0.5, 0.6) is 0 Å². The number of aromatic nitrogens is 1. The summed E-state index contributed by atoms with van der Waals surface area (Å²) >= 11 is 7.90. The van der Waals surface area contributed by atoms with Gasteiger partial charge in [0.2, 0.25) is 0 Å². The van der Waals surface area contributed by atoms with E-state index in [0.717, 1.165) is 0 Å². The Bertz CT molecular complexity index is 696. The largest absolute Gasteiger partial charge is 0.598 e. The Morgan fingerprint density at radius 3 is 2.57 bits per heavy atom. The molecule has 2 atom stereocenters. The van der Waals surface area contributed by atoms with Crippen molar-refractivity contribution in [2.45, 2.75) is 31.6 Å². The predicted octanol–water partition coefficient (Wildman–Crippen LogP) is 4.78. The van der Waals surface area contributed by atoms with Crippen molar-refractivity contribution in [3.8, 4) is 0 Å². The lowest BCUT2D eigenvalue weighted by atomic mass is 10.0. The van der Waals surface area contributed by atoms with Crippen LogP contribution in [0.2, 0.25) is 5.02 Å². The highest BCUT2D eigenvalue weighted by Crippen LogP contribution is 2.28. The average Bonchev–Trinajstić information content (AvgIpc) is 2.46. The monoisotopic (exact) mass is 418 g/mol. The summed E-state index contributed by atoms with van der Waals surface area (Å²) in [4.78, 5) is 4.42. The van der Waals surface area contributed by atoms with E-state index >= 15 is 0 Å². The summed E-state index contributed by atoms with van der Waals surface area (Å²) in [6.07, 6.45) is 0. The third-order valence-electron chi connectivity index (χ3n) is 3.09. The topological polar surface area (TPSA) is 48.0 Å². The Labute approximate surface area is 152 Å². The van der Waals surface area contributed by atoms with Crippen LogP contribution in [0, 0.1) is 5.82 Å². The molecule has 3 nitrogen and oxygen atoms in total. The summed E-state index contributed by atoms with van der Waals surface area (Å²) in [6, 6.07) is 9.43. The fourth-order valence-corrected chi connectivity index (χ4v) is 3.23. The molecule has 0 aliphatic heterocycles. The number of hydrogen-bond donors (Lipinski definition) is 1. The van der Waals surface area contributed by atoms with Crippen molar-refractivity contribution in [3.63, 3.8) is 0 Å². The summed E-state index contributed by atoms with van der Waals surface area (Å²) in [7, 11) is 0. The SMILES string of the molecule is CC(C)(C)[S@@+]([O-])NC(c1ccc(F)c(Cl)c1)c1cccc(Br)n1. The Kier molecular flexibility index (Phi) is 6.08. The second-order valence-corrected chi connectivity index (χ2v) is 9.21. The van der Waals surface area contributed by atoms with Crippen molar-refractivity contribution in [1.82, 2.24) is 9.71 Å². The average molecular weight is 420 g/mol. The van der Waals surface area contributed by atoms with Gasteiger partial charge in [-0.25, -0.2) is 9.37 Å². The van der Waals surface area contributed by atoms with E-state index in [1.54, 1.807) is 12.1 Å². The first kappa shape index (κ1) is 18.7. The molecule has 0 fully saturated rings. The maximum atomic E-state index is 13.4. The summed E-state index contributed by atoms with van der Waals surface area (Å²) in [5.74, 6) is -0.492. The Hall–Kier alpha value is -0.660. The smallest absolute Gasteiger partial charge is 0.141 e. The van der Waals surface area contributed by atoms with Crippen LogP contribution in [0.4, 0.5) is 4.39 Å². The first-order valence-electron chi connectivity index (χ1n) is 6.94. The van der Waals surface area contributed by atoms with Crippen LogP contribution in [0.1, 0.15) is 38.1 Å². The lowest BCUT2D eigenvalue weighted by molar-refractivity contribution is 0.533. The Morgan fingerprint density at radius 2 is 2.00 bits per heavy atom. The first-order valence-corrected chi connectivity index (χ1v) is 9.26. The van der Waals surface area contributed by atoms with Gasteiger partial charge in [0, 0.05) is 11.4 Å². The fraction of sp³-hybridized carbons (Fsp3) is 0.312. The number of hydrogen-bond acceptors (Lipinski definition) is 3. The highest BCUT2D eigenvalue weighted by molar-refractivity contribution is 9.10. The third kappa shape index (κ3) is 4.90. The number of halogens is 3. The van der Waals surface area contributed by atoms with Crippen LogP contribution in [0.3, 0.4) is 0 Å². The Morgan fingerprint density at radius 1 is 1.30 bits per heavy atom. The van der Waals surface area contributed by atoms with E-state index in [4.69, 9.17) is 11.6 Å². The van der Waals surface area contributed by atoms with E-state index in [-0.39, 0.29) is 5.02 Å². The van der Waals surface area contributed by atoms with Gasteiger partial charge in [0.15, 0.2) is 0 Å². The van der Waals surface area contributed by atoms with E-state index in [9.17, 15) is 8.94 Å². The van der Waals surface area contributed by atoms with Gasteiger partial charge in [-0.15, -0.1) is 4.72 Å². The molecule has 7 heteroatoms. The van der Waals surface area contributed by atoms with Gasteiger partial charge in [-0.3, -0.25) is 0 Å². The van der Waals surface area contributed by atoms with Crippen molar-refractivity contribution < 1.29 is 8.94 Å². The quantitative estimate of drug-likeness (QED) is 0.573. The molecule has 0 amide bonds. The molecule has 0 bridgehead atoms. The van der Waals surface area contributed by atoms with Crippen molar-refractivity contribution in [1.29, 1.82) is 0 Å². The molecular weight excluding hydrogens is 403 g/mol. The van der Waals surface area contributed by atoms with Gasteiger partial charge in [0.25, 0.3) is 0 Å². The van der Waals surface area contributed by atoms with Gasteiger partial charge in [-0.1, -0.05) is 23.7 Å². The zero-order valence-corrected chi connectivity index (χ0v) is 16.1. The van der Waals surface area contributed by atoms with E-state index < -0.39 is 28.0 Å². The molecule has 0 spiro atoms. The lowest BCUT2D eigenvalue weighted by Gasteiger charge is -2.28. The number of nitrogens with one attached hydrogen (secondary N) is 1. The molecule has 2 aromatic rings. The molecule has 0 saturated carbocycles. The number of pyridine rings is 1. The normalized spacial score (nSPS) is 14.6. The van der Waals surface area contributed by atoms with E-state index in [1.165, 1.54) is 12.1 Å². The minimum absolute atomic E-state index is 0.0193. The zero-order chi connectivity index (χ0) is 17.2. The molecule has 0 saturated heterocycles. The molecule has 124 valence electrons. The Balaban J connectivity index is 2.44. The molecule has 23 heavy (non-hydrogen) atoms. The first-order chi connectivity index (χ1) is 10.7. The molecule has 0 radical (unpaired) electrons.